The molecule has 0 aliphatic heterocycles. The molecule has 0 aromatic carbocycles. The number of rotatable bonds is 54. The molecule has 0 radical (unpaired) electrons. The Kier molecular flexibility index (Phi) is 83.4. The van der Waals surface area contributed by atoms with Crippen LogP contribution < -0.4 is 0 Å². The lowest BCUT2D eigenvalue weighted by Crippen LogP contribution is -1.55. The van der Waals surface area contributed by atoms with E-state index < -0.39 is 0 Å². The Labute approximate surface area is 671 Å². The van der Waals surface area contributed by atoms with Gasteiger partial charge in [-0.1, -0.05) is 669 Å². The molecule has 558 valence electrons. The lowest BCUT2D eigenvalue weighted by Gasteiger charge is -1.77. The minimum atomic E-state index is 1.75. The van der Waals surface area contributed by atoms with Crippen LogP contribution in [-0.2, 0) is 0 Å². The third-order valence-electron chi connectivity index (χ3n) is 12.1. The predicted molar refractivity (Wildman–Crippen MR) is 509 cm³/mol. The van der Waals surface area contributed by atoms with Gasteiger partial charge in [0.05, 0.1) is 0 Å². The van der Waals surface area contributed by atoms with Crippen LogP contribution in [0.1, 0.15) is 6.92 Å². The van der Waals surface area contributed by atoms with Crippen LogP contribution in [-0.4, -0.2) is 0 Å². The van der Waals surface area contributed by atoms with Crippen LogP contribution in [0.5, 0.6) is 0 Å². The molecule has 0 heteroatoms. The van der Waals surface area contributed by atoms with E-state index in [4.69, 9.17) is 0 Å². The van der Waals surface area contributed by atoms with E-state index in [1.54, 1.807) is 6.08 Å². The normalized spacial score (nSPS) is 15.7. The zero-order valence-electron chi connectivity index (χ0n) is 64.6. The van der Waals surface area contributed by atoms with E-state index in [0.717, 1.165) is 0 Å². The van der Waals surface area contributed by atoms with Crippen LogP contribution >= 0.6 is 0 Å². The maximum absolute atomic E-state index is 3.64. The molecule has 0 unspecified atom stereocenters. The quantitative estimate of drug-likeness (QED) is 0.0533. The van der Waals surface area contributed by atoms with Crippen LogP contribution in [0.3, 0.4) is 0 Å². The second kappa shape index (κ2) is 95.7. The van der Waals surface area contributed by atoms with E-state index in [2.05, 4.69) is 6.58 Å². The second-order valence-electron chi connectivity index (χ2n) is 21.2. The first-order valence-corrected chi connectivity index (χ1v) is 37.0. The Bertz CT molecular complexity index is 4110. The first kappa shape index (κ1) is 96.7. The van der Waals surface area contributed by atoms with Crippen molar-refractivity contribution in [1.29, 1.82) is 0 Å². The highest BCUT2D eigenvalue weighted by Crippen LogP contribution is 1.97. The van der Waals surface area contributed by atoms with Gasteiger partial charge in [-0.25, -0.2) is 0 Å². The SMILES string of the molecule is C=CC=CC=CC=CC=CC=CC=CC=CC=CC=CC=CC=CC=CC=CC=CC=CC=CC=CC=CC=CC=CC=CC=CC=CC=CC=CC=CC=CC=CC=CC=CC=CC=CC=CC=CC=CC=CC=CC=CC=CC=CC=CC=CC=CC=CC=CC=CC=CC=CC=CC=CC=CC=CC=CC=CC. The first-order valence-electron chi connectivity index (χ1n) is 37.0. The van der Waals surface area contributed by atoms with Gasteiger partial charge in [0.25, 0.3) is 0 Å². The standard InChI is InChI=1S/C111H114/c1-3-5-7-9-11-13-15-17-19-21-23-25-27-29-31-33-35-37-39-41-43-45-47-49-51-53-55-57-59-61-63-65-67-69-71-73-75-77-79-81-83-85-87-89-91-93-95-97-99-101-103-105-107-109-111-110-108-106-104-102-100-98-96-94-92-90-88-86-84-82-80-78-76-74-72-70-68-66-64-62-60-58-56-54-52-50-48-46-44-42-40-38-36-34-32-30-28-26-24-22-20-18-16-14-12-10-8-6-4-2/h3-111H,1H2,2H3. The predicted octanol–water partition coefficient (Wildman–Crippen LogP) is 31.2. The smallest absolute Gasteiger partial charge is 0.0467 e. The fraction of sp³-hybridized carbons (Fsp3) is 0.00901. The van der Waals surface area contributed by atoms with Crippen molar-refractivity contribution in [2.75, 3.05) is 0 Å². The van der Waals surface area contributed by atoms with Crippen molar-refractivity contribution < 1.29 is 0 Å². The van der Waals surface area contributed by atoms with Crippen molar-refractivity contribution in [3.05, 3.63) is 669 Å². The topological polar surface area (TPSA) is 0 Å². The van der Waals surface area contributed by atoms with E-state index in [-0.39, 0.29) is 0 Å². The number of allylic oxidation sites excluding steroid dienone is 109. The first-order chi connectivity index (χ1) is 55.4. The van der Waals surface area contributed by atoms with Crippen molar-refractivity contribution in [1.82, 2.24) is 0 Å². The highest BCUT2D eigenvalue weighted by Gasteiger charge is 1.75. The highest BCUT2D eigenvalue weighted by atomic mass is 13.8. The van der Waals surface area contributed by atoms with Crippen LogP contribution in [0.25, 0.3) is 0 Å². The molecule has 0 fully saturated rings. The van der Waals surface area contributed by atoms with Gasteiger partial charge in [-0.2, -0.15) is 0 Å². The minimum absolute atomic E-state index is 1.75. The molecule has 0 atom stereocenters. The summed E-state index contributed by atoms with van der Waals surface area (Å²) in [5.41, 5.74) is 0. The fourth-order valence-corrected chi connectivity index (χ4v) is 6.93. The summed E-state index contributed by atoms with van der Waals surface area (Å²) in [5, 5.41) is 0. The van der Waals surface area contributed by atoms with E-state index in [1.807, 2.05) is 663 Å². The summed E-state index contributed by atoms with van der Waals surface area (Å²) in [7, 11) is 0. The van der Waals surface area contributed by atoms with E-state index in [1.165, 1.54) is 0 Å². The van der Waals surface area contributed by atoms with Crippen molar-refractivity contribution in [3.63, 3.8) is 0 Å². The fourth-order valence-electron chi connectivity index (χ4n) is 6.93. The summed E-state index contributed by atoms with van der Waals surface area (Å²) in [5.74, 6) is 0. The van der Waals surface area contributed by atoms with Gasteiger partial charge >= 0.3 is 0 Å². The maximum Gasteiger partial charge on any atom is -0.0467 e. The van der Waals surface area contributed by atoms with Crippen molar-refractivity contribution in [2.24, 2.45) is 0 Å². The Balaban J connectivity index is 4.13. The van der Waals surface area contributed by atoms with Crippen molar-refractivity contribution in [3.8, 4) is 0 Å². The average Bonchev–Trinajstić information content (AvgIpc) is 3.81. The zero-order chi connectivity index (χ0) is 79.1. The maximum atomic E-state index is 3.64. The molecule has 0 saturated carbocycles. The van der Waals surface area contributed by atoms with E-state index >= 15 is 0 Å². The monoisotopic (exact) mass is 1450 g/mol. The summed E-state index contributed by atoms with van der Waals surface area (Å²) in [6, 6.07) is 0. The molecule has 0 aromatic rings. The van der Waals surface area contributed by atoms with E-state index in [9.17, 15) is 0 Å². The molecular weight excluding hydrogens is 1330 g/mol. The van der Waals surface area contributed by atoms with E-state index in [0.29, 0.717) is 0 Å². The average molecular weight is 1450 g/mol. The molecule has 0 amide bonds. The molecule has 0 aliphatic carbocycles. The molecule has 0 spiro atoms. The van der Waals surface area contributed by atoms with Gasteiger partial charge < -0.3 is 0 Å². The van der Waals surface area contributed by atoms with Gasteiger partial charge in [0, 0.05) is 0 Å². The second-order valence-corrected chi connectivity index (χ2v) is 21.2. The zero-order valence-corrected chi connectivity index (χ0v) is 64.6. The molecule has 0 aliphatic rings. The molecular formula is C111H114. The third kappa shape index (κ3) is 95.7. The Hall–Kier alpha value is -14.3. The molecule has 0 saturated heterocycles. The summed E-state index contributed by atoms with van der Waals surface area (Å²) in [4.78, 5) is 0. The molecule has 0 aromatic heterocycles. The van der Waals surface area contributed by atoms with Gasteiger partial charge in [0.15, 0.2) is 0 Å². The molecule has 0 N–H and O–H groups in total. The molecule has 0 nitrogen and oxygen atoms in total. The summed E-state index contributed by atoms with van der Waals surface area (Å²) < 4.78 is 0. The van der Waals surface area contributed by atoms with Crippen molar-refractivity contribution >= 4 is 0 Å². The van der Waals surface area contributed by atoms with Crippen LogP contribution in [0, 0.1) is 0 Å². The van der Waals surface area contributed by atoms with Gasteiger partial charge in [0.2, 0.25) is 0 Å². The summed E-state index contributed by atoms with van der Waals surface area (Å²) in [6.45, 7) is 5.64. The molecule has 0 bridgehead atoms. The van der Waals surface area contributed by atoms with Crippen molar-refractivity contribution in [2.45, 2.75) is 6.92 Å². The Morgan fingerprint density at radius 1 is 0.0721 bits per heavy atom. The number of hydrogen-bond acceptors (Lipinski definition) is 0. The summed E-state index contributed by atoms with van der Waals surface area (Å²) in [6.07, 6.45) is 217. The van der Waals surface area contributed by atoms with Crippen LogP contribution in [0.2, 0.25) is 0 Å². The Morgan fingerprint density at radius 3 is 0.162 bits per heavy atom. The lowest BCUT2D eigenvalue weighted by molar-refractivity contribution is 1.73. The highest BCUT2D eigenvalue weighted by molar-refractivity contribution is 5.32. The molecule has 0 rings (SSSR count). The Morgan fingerprint density at radius 2 is 0.117 bits per heavy atom. The van der Waals surface area contributed by atoms with Gasteiger partial charge in [-0.05, 0) is 6.92 Å². The molecule has 111 heavy (non-hydrogen) atoms. The molecule has 0 heterocycles. The summed E-state index contributed by atoms with van der Waals surface area (Å²) >= 11 is 0. The lowest BCUT2D eigenvalue weighted by atomic mass is 10.3. The van der Waals surface area contributed by atoms with Gasteiger partial charge in [-0.3, -0.25) is 0 Å². The van der Waals surface area contributed by atoms with Gasteiger partial charge in [0.1, 0.15) is 0 Å². The third-order valence-corrected chi connectivity index (χ3v) is 12.1. The van der Waals surface area contributed by atoms with Crippen LogP contribution in [0.4, 0.5) is 0 Å². The van der Waals surface area contributed by atoms with Crippen LogP contribution in [0.15, 0.2) is 669 Å². The minimum Gasteiger partial charge on any atom is -0.0991 e. The largest absolute Gasteiger partial charge is 0.0991 e. The van der Waals surface area contributed by atoms with Gasteiger partial charge in [-0.15, -0.1) is 0 Å². The number of hydrogen-bond donors (Lipinski definition) is 0.